The van der Waals surface area contributed by atoms with Gasteiger partial charge in [-0.1, -0.05) is 19.4 Å². The molecule has 150 valence electrons. The van der Waals surface area contributed by atoms with Gasteiger partial charge in [-0.25, -0.2) is 4.39 Å². The highest BCUT2D eigenvalue weighted by Crippen LogP contribution is 2.34. The number of hydrogen-bond acceptors (Lipinski definition) is 3. The molecule has 3 heterocycles. The summed E-state index contributed by atoms with van der Waals surface area (Å²) < 4.78 is 14.9. The van der Waals surface area contributed by atoms with Crippen LogP contribution in [0.3, 0.4) is 0 Å². The lowest BCUT2D eigenvalue weighted by molar-refractivity contribution is 0.0724. The maximum absolute atomic E-state index is 14.9. The predicted molar refractivity (Wildman–Crippen MR) is 117 cm³/mol. The zero-order valence-corrected chi connectivity index (χ0v) is 17.5. The molecule has 0 atom stereocenters. The van der Waals surface area contributed by atoms with Crippen molar-refractivity contribution in [3.8, 4) is 21.6 Å². The first-order chi connectivity index (χ1) is 14.2. The van der Waals surface area contributed by atoms with E-state index in [2.05, 4.69) is 18.0 Å². The van der Waals surface area contributed by atoms with Crippen molar-refractivity contribution in [2.24, 2.45) is 0 Å². The topological polar surface area (TPSA) is 33.2 Å². The molecule has 2 aromatic heterocycles. The van der Waals surface area contributed by atoms with Crippen LogP contribution in [-0.2, 0) is 6.42 Å². The van der Waals surface area contributed by atoms with E-state index in [0.29, 0.717) is 11.1 Å². The summed E-state index contributed by atoms with van der Waals surface area (Å²) in [5, 5.41) is 1.97. The Morgan fingerprint density at radius 2 is 1.93 bits per heavy atom. The lowest BCUT2D eigenvalue weighted by atomic mass is 10.0. The highest BCUT2D eigenvalue weighted by atomic mass is 32.1. The van der Waals surface area contributed by atoms with Crippen molar-refractivity contribution in [2.45, 2.75) is 39.0 Å². The number of halogens is 1. The second-order valence-electron chi connectivity index (χ2n) is 7.53. The molecule has 0 radical (unpaired) electrons. The van der Waals surface area contributed by atoms with Gasteiger partial charge in [0.25, 0.3) is 5.91 Å². The third-order valence-corrected chi connectivity index (χ3v) is 6.36. The number of aromatic nitrogens is 1. The van der Waals surface area contributed by atoms with Gasteiger partial charge in [0.1, 0.15) is 5.82 Å². The third kappa shape index (κ3) is 4.40. The first-order valence-electron chi connectivity index (χ1n) is 10.3. The average molecular weight is 409 g/mol. The Hall–Kier alpha value is -2.53. The number of carbonyl (C=O) groups is 1. The maximum atomic E-state index is 14.9. The number of hydrogen-bond donors (Lipinski definition) is 0. The van der Waals surface area contributed by atoms with Gasteiger partial charge in [0.2, 0.25) is 0 Å². The number of benzene rings is 1. The summed E-state index contributed by atoms with van der Waals surface area (Å²) in [4.78, 5) is 20.0. The van der Waals surface area contributed by atoms with Gasteiger partial charge in [0, 0.05) is 41.0 Å². The van der Waals surface area contributed by atoms with Crippen molar-refractivity contribution < 1.29 is 9.18 Å². The van der Waals surface area contributed by atoms with Crippen LogP contribution in [0.15, 0.2) is 48.0 Å². The summed E-state index contributed by atoms with van der Waals surface area (Å²) in [6.45, 7) is 3.67. The molecule has 0 bridgehead atoms. The van der Waals surface area contributed by atoms with Gasteiger partial charge in [-0.05, 0) is 72.5 Å². The largest absolute Gasteiger partial charge is 0.339 e. The Morgan fingerprint density at radius 1 is 1.10 bits per heavy atom. The van der Waals surface area contributed by atoms with E-state index in [4.69, 9.17) is 0 Å². The summed E-state index contributed by atoms with van der Waals surface area (Å²) in [5.74, 6) is -0.417. The molecule has 0 spiro atoms. The molecule has 0 saturated carbocycles. The van der Waals surface area contributed by atoms with Crippen LogP contribution in [0.2, 0.25) is 0 Å². The average Bonchev–Trinajstić information content (AvgIpc) is 3.24. The second-order valence-corrected chi connectivity index (χ2v) is 8.44. The van der Waals surface area contributed by atoms with Crippen LogP contribution in [-0.4, -0.2) is 28.9 Å². The number of rotatable bonds is 5. The quantitative estimate of drug-likeness (QED) is 0.504. The van der Waals surface area contributed by atoms with E-state index >= 15 is 0 Å². The molecule has 1 aliphatic heterocycles. The van der Waals surface area contributed by atoms with Crippen LogP contribution < -0.4 is 0 Å². The van der Waals surface area contributed by atoms with Crippen molar-refractivity contribution in [3.05, 3.63) is 65.0 Å². The highest BCUT2D eigenvalue weighted by Gasteiger charge is 2.20. The van der Waals surface area contributed by atoms with E-state index < -0.39 is 0 Å². The molecular formula is C24H25FN2OS. The molecule has 0 aliphatic carbocycles. The number of piperidine rings is 1. The number of carbonyl (C=O) groups excluding carboxylic acids is 1. The fraction of sp³-hybridized carbons (Fsp3) is 0.333. The van der Waals surface area contributed by atoms with Crippen LogP contribution >= 0.6 is 11.3 Å². The van der Waals surface area contributed by atoms with Crippen molar-refractivity contribution in [3.63, 3.8) is 0 Å². The standard InChI is InChI=1S/C24H25FN2OS/c1-2-6-20-13-17(9-10-26-20)23-15-19(16-29-23)21-8-7-18(14-22(21)25)24(28)27-11-4-3-5-12-27/h7-10,13-16H,2-6,11-12H2,1H3. The van der Waals surface area contributed by atoms with Crippen molar-refractivity contribution >= 4 is 17.2 Å². The van der Waals surface area contributed by atoms with E-state index in [0.717, 1.165) is 66.9 Å². The number of aryl methyl sites for hydroxylation is 1. The van der Waals surface area contributed by atoms with Gasteiger partial charge in [0.15, 0.2) is 0 Å². The van der Waals surface area contributed by atoms with Crippen molar-refractivity contribution in [1.82, 2.24) is 9.88 Å². The summed E-state index contributed by atoms with van der Waals surface area (Å²) in [7, 11) is 0. The first-order valence-corrected chi connectivity index (χ1v) is 11.2. The molecule has 4 rings (SSSR count). The van der Waals surface area contributed by atoms with E-state index in [1.54, 1.807) is 23.5 Å². The lowest BCUT2D eigenvalue weighted by Crippen LogP contribution is -2.35. The van der Waals surface area contributed by atoms with Gasteiger partial charge in [-0.15, -0.1) is 11.3 Å². The molecule has 5 heteroatoms. The smallest absolute Gasteiger partial charge is 0.253 e. The Balaban J connectivity index is 1.56. The minimum absolute atomic E-state index is 0.0682. The Bertz CT molecular complexity index is 1010. The minimum atomic E-state index is -0.349. The van der Waals surface area contributed by atoms with Crippen LogP contribution in [0, 0.1) is 5.82 Å². The first kappa shape index (κ1) is 19.8. The van der Waals surface area contributed by atoms with Crippen molar-refractivity contribution in [2.75, 3.05) is 13.1 Å². The molecule has 3 nitrogen and oxygen atoms in total. The number of amides is 1. The molecule has 1 aliphatic rings. The Morgan fingerprint density at radius 3 is 2.69 bits per heavy atom. The van der Waals surface area contributed by atoms with Crippen LogP contribution in [0.4, 0.5) is 4.39 Å². The van der Waals surface area contributed by atoms with Crippen molar-refractivity contribution in [1.29, 1.82) is 0 Å². The molecule has 1 saturated heterocycles. The number of nitrogens with zero attached hydrogens (tertiary/aromatic N) is 2. The highest BCUT2D eigenvalue weighted by molar-refractivity contribution is 7.14. The summed E-state index contributed by atoms with van der Waals surface area (Å²) >= 11 is 1.60. The molecule has 1 amide bonds. The molecule has 0 N–H and O–H groups in total. The van der Waals surface area contributed by atoms with Crippen LogP contribution in [0.1, 0.15) is 48.7 Å². The molecule has 29 heavy (non-hydrogen) atoms. The molecule has 0 unspecified atom stereocenters. The Kier molecular flexibility index (Phi) is 6.05. The van der Waals surface area contributed by atoms with Gasteiger partial charge in [0.05, 0.1) is 0 Å². The van der Waals surface area contributed by atoms with Gasteiger partial charge < -0.3 is 4.90 Å². The fourth-order valence-electron chi connectivity index (χ4n) is 3.81. The number of thiophene rings is 1. The van der Waals surface area contributed by atoms with Crippen LogP contribution in [0.5, 0.6) is 0 Å². The zero-order valence-electron chi connectivity index (χ0n) is 16.7. The normalized spacial score (nSPS) is 14.2. The van der Waals surface area contributed by atoms with E-state index in [1.807, 2.05) is 28.6 Å². The fourth-order valence-corrected chi connectivity index (χ4v) is 4.72. The van der Waals surface area contributed by atoms with E-state index in [-0.39, 0.29) is 11.7 Å². The number of likely N-dealkylation sites (tertiary alicyclic amines) is 1. The predicted octanol–water partition coefficient (Wildman–Crippen LogP) is 6.19. The van der Waals surface area contributed by atoms with E-state index in [1.165, 1.54) is 6.07 Å². The second kappa shape index (κ2) is 8.87. The number of pyridine rings is 1. The maximum Gasteiger partial charge on any atom is 0.253 e. The SMILES string of the molecule is CCCc1cc(-c2cc(-c3ccc(C(=O)N4CCCCC4)cc3F)cs2)ccn1. The summed E-state index contributed by atoms with van der Waals surface area (Å²) in [6.07, 6.45) is 7.06. The minimum Gasteiger partial charge on any atom is -0.339 e. The van der Waals surface area contributed by atoms with Gasteiger partial charge in [-0.2, -0.15) is 0 Å². The monoisotopic (exact) mass is 408 g/mol. The van der Waals surface area contributed by atoms with Gasteiger partial charge >= 0.3 is 0 Å². The summed E-state index contributed by atoms with van der Waals surface area (Å²) in [5.41, 5.74) is 3.99. The molecule has 3 aromatic rings. The third-order valence-electron chi connectivity index (χ3n) is 5.38. The Labute approximate surface area is 175 Å². The lowest BCUT2D eigenvalue weighted by Gasteiger charge is -2.26. The molecule has 1 aromatic carbocycles. The zero-order chi connectivity index (χ0) is 20.2. The van der Waals surface area contributed by atoms with E-state index in [9.17, 15) is 9.18 Å². The summed E-state index contributed by atoms with van der Waals surface area (Å²) in [6, 6.07) is 11.0. The van der Waals surface area contributed by atoms with Gasteiger partial charge in [-0.3, -0.25) is 9.78 Å². The molecular weight excluding hydrogens is 383 g/mol. The van der Waals surface area contributed by atoms with Crippen LogP contribution in [0.25, 0.3) is 21.6 Å². The molecule has 1 fully saturated rings.